The van der Waals surface area contributed by atoms with Crippen molar-refractivity contribution in [1.82, 2.24) is 5.32 Å². The van der Waals surface area contributed by atoms with Gasteiger partial charge in [-0.05, 0) is 39.3 Å². The first-order valence-electron chi connectivity index (χ1n) is 8.68. The zero-order valence-corrected chi connectivity index (χ0v) is 14.9. The van der Waals surface area contributed by atoms with Gasteiger partial charge in [-0.25, -0.2) is 4.39 Å². The number of carbonyl (C=O) groups is 2. The monoisotopic (exact) mass is 364 g/mol. The summed E-state index contributed by atoms with van der Waals surface area (Å²) in [5.41, 5.74) is 0.861. The van der Waals surface area contributed by atoms with Crippen molar-refractivity contribution < 1.29 is 28.2 Å². The molecule has 7 nitrogen and oxygen atoms in total. The Morgan fingerprint density at radius 3 is 2.88 bits per heavy atom. The van der Waals surface area contributed by atoms with Gasteiger partial charge in [0.05, 0.1) is 12.3 Å². The first-order valence-corrected chi connectivity index (χ1v) is 8.68. The van der Waals surface area contributed by atoms with Crippen molar-refractivity contribution in [3.63, 3.8) is 0 Å². The molecule has 0 saturated carbocycles. The molecule has 2 fully saturated rings. The SMILES string of the molecule is Cc1c(F)ccc2c1OCCCN2C(=O)[C@H]1NC(=O)C2OC(C)(C)OC21. The third kappa shape index (κ3) is 2.64. The highest BCUT2D eigenvalue weighted by molar-refractivity contribution is 6.03. The number of nitrogens with one attached hydrogen (secondary N) is 1. The van der Waals surface area contributed by atoms with Crippen LogP contribution in [-0.4, -0.2) is 49.0 Å². The Kier molecular flexibility index (Phi) is 3.92. The number of halogens is 1. The lowest BCUT2D eigenvalue weighted by molar-refractivity contribution is -0.164. The van der Waals surface area contributed by atoms with Gasteiger partial charge < -0.3 is 24.4 Å². The fraction of sp³-hybridized carbons (Fsp3) is 0.556. The number of benzene rings is 1. The van der Waals surface area contributed by atoms with Crippen LogP contribution < -0.4 is 15.0 Å². The molecule has 3 atom stereocenters. The Morgan fingerprint density at radius 2 is 2.12 bits per heavy atom. The molecule has 26 heavy (non-hydrogen) atoms. The number of amides is 2. The van der Waals surface area contributed by atoms with Crippen LogP contribution in [0.25, 0.3) is 0 Å². The van der Waals surface area contributed by atoms with Crippen LogP contribution in [0.4, 0.5) is 10.1 Å². The van der Waals surface area contributed by atoms with E-state index in [9.17, 15) is 14.0 Å². The summed E-state index contributed by atoms with van der Waals surface area (Å²) in [6, 6.07) is 1.99. The maximum absolute atomic E-state index is 13.9. The Hall–Kier alpha value is -2.19. The van der Waals surface area contributed by atoms with Crippen molar-refractivity contribution >= 4 is 17.5 Å². The Labute approximate surface area is 150 Å². The van der Waals surface area contributed by atoms with Crippen molar-refractivity contribution in [2.45, 2.75) is 51.2 Å². The van der Waals surface area contributed by atoms with E-state index in [1.807, 2.05) is 0 Å². The largest absolute Gasteiger partial charge is 0.491 e. The van der Waals surface area contributed by atoms with Gasteiger partial charge in [-0.15, -0.1) is 0 Å². The number of fused-ring (bicyclic) bond motifs is 2. The summed E-state index contributed by atoms with van der Waals surface area (Å²) < 4.78 is 31.0. The number of hydrogen-bond donors (Lipinski definition) is 1. The van der Waals surface area contributed by atoms with E-state index < -0.39 is 24.0 Å². The number of hydrogen-bond acceptors (Lipinski definition) is 5. The van der Waals surface area contributed by atoms with Gasteiger partial charge in [-0.3, -0.25) is 9.59 Å². The van der Waals surface area contributed by atoms with Crippen molar-refractivity contribution in [3.05, 3.63) is 23.5 Å². The van der Waals surface area contributed by atoms with E-state index in [1.54, 1.807) is 20.8 Å². The van der Waals surface area contributed by atoms with Gasteiger partial charge in [0.1, 0.15) is 23.7 Å². The van der Waals surface area contributed by atoms with E-state index in [1.165, 1.54) is 17.0 Å². The van der Waals surface area contributed by atoms with E-state index in [0.29, 0.717) is 36.6 Å². The maximum atomic E-state index is 13.9. The minimum Gasteiger partial charge on any atom is -0.491 e. The summed E-state index contributed by atoms with van der Waals surface area (Å²) in [5, 5.41) is 2.67. The van der Waals surface area contributed by atoms with Gasteiger partial charge in [0.2, 0.25) is 0 Å². The normalized spacial score (nSPS) is 29.5. The summed E-state index contributed by atoms with van der Waals surface area (Å²) in [5.74, 6) is -1.63. The number of nitrogens with zero attached hydrogens (tertiary/aromatic N) is 1. The van der Waals surface area contributed by atoms with Gasteiger partial charge in [0.25, 0.3) is 11.8 Å². The predicted molar refractivity (Wildman–Crippen MR) is 89.4 cm³/mol. The lowest BCUT2D eigenvalue weighted by atomic mass is 10.1. The average Bonchev–Trinajstić information content (AvgIpc) is 2.95. The lowest BCUT2D eigenvalue weighted by Crippen LogP contribution is -2.50. The van der Waals surface area contributed by atoms with Crippen molar-refractivity contribution in [2.75, 3.05) is 18.1 Å². The molecule has 0 spiro atoms. The van der Waals surface area contributed by atoms with Crippen molar-refractivity contribution in [2.24, 2.45) is 0 Å². The molecule has 1 aromatic carbocycles. The Morgan fingerprint density at radius 1 is 1.35 bits per heavy atom. The zero-order chi connectivity index (χ0) is 18.6. The van der Waals surface area contributed by atoms with Gasteiger partial charge in [0.15, 0.2) is 11.9 Å². The minimum absolute atomic E-state index is 0.315. The fourth-order valence-corrected chi connectivity index (χ4v) is 3.72. The molecule has 3 aliphatic heterocycles. The lowest BCUT2D eigenvalue weighted by Gasteiger charge is -2.28. The fourth-order valence-electron chi connectivity index (χ4n) is 3.72. The molecule has 0 aromatic heterocycles. The summed E-state index contributed by atoms with van der Waals surface area (Å²) in [6.07, 6.45) is -0.908. The van der Waals surface area contributed by atoms with Crippen LogP contribution in [0.2, 0.25) is 0 Å². The van der Waals surface area contributed by atoms with Crippen LogP contribution in [0.5, 0.6) is 5.75 Å². The van der Waals surface area contributed by atoms with E-state index >= 15 is 0 Å². The predicted octanol–water partition coefficient (Wildman–Crippen LogP) is 1.27. The van der Waals surface area contributed by atoms with Crippen LogP contribution in [0.3, 0.4) is 0 Å². The molecule has 2 unspecified atom stereocenters. The number of carbonyl (C=O) groups excluding carboxylic acids is 2. The summed E-state index contributed by atoms with van der Waals surface area (Å²) >= 11 is 0. The first kappa shape index (κ1) is 17.2. The molecule has 4 rings (SSSR count). The van der Waals surface area contributed by atoms with Crippen LogP contribution in [0.15, 0.2) is 12.1 Å². The third-order valence-electron chi connectivity index (χ3n) is 4.93. The molecule has 1 aromatic rings. The highest BCUT2D eigenvalue weighted by Crippen LogP contribution is 2.38. The molecule has 2 amide bonds. The van der Waals surface area contributed by atoms with E-state index in [2.05, 4.69) is 5.32 Å². The molecule has 3 aliphatic rings. The molecule has 0 aliphatic carbocycles. The zero-order valence-electron chi connectivity index (χ0n) is 14.9. The van der Waals surface area contributed by atoms with Crippen LogP contribution in [-0.2, 0) is 19.1 Å². The molecule has 0 bridgehead atoms. The highest BCUT2D eigenvalue weighted by Gasteiger charge is 2.57. The van der Waals surface area contributed by atoms with Crippen molar-refractivity contribution in [3.8, 4) is 5.75 Å². The smallest absolute Gasteiger partial charge is 0.252 e. The topological polar surface area (TPSA) is 77.1 Å². The second-order valence-corrected chi connectivity index (χ2v) is 7.22. The van der Waals surface area contributed by atoms with Crippen LogP contribution >= 0.6 is 0 Å². The first-order chi connectivity index (χ1) is 12.3. The maximum Gasteiger partial charge on any atom is 0.252 e. The van der Waals surface area contributed by atoms with Gasteiger partial charge in [-0.1, -0.05) is 0 Å². The molecule has 140 valence electrons. The van der Waals surface area contributed by atoms with E-state index in [4.69, 9.17) is 14.2 Å². The number of ether oxygens (including phenoxy) is 3. The summed E-state index contributed by atoms with van der Waals surface area (Å²) in [7, 11) is 0. The van der Waals surface area contributed by atoms with Crippen LogP contribution in [0, 0.1) is 12.7 Å². The number of rotatable bonds is 1. The molecular weight excluding hydrogens is 343 g/mol. The second-order valence-electron chi connectivity index (χ2n) is 7.22. The average molecular weight is 364 g/mol. The highest BCUT2D eigenvalue weighted by atomic mass is 19.1. The quantitative estimate of drug-likeness (QED) is 0.812. The third-order valence-corrected chi connectivity index (χ3v) is 4.93. The summed E-state index contributed by atoms with van der Waals surface area (Å²) in [6.45, 7) is 5.83. The Bertz CT molecular complexity index is 781. The van der Waals surface area contributed by atoms with Gasteiger partial charge in [0, 0.05) is 12.1 Å². The molecule has 0 radical (unpaired) electrons. The second kappa shape index (κ2) is 5.92. The van der Waals surface area contributed by atoms with Crippen molar-refractivity contribution in [1.29, 1.82) is 0 Å². The molecular formula is C18H21FN2O5. The molecule has 3 heterocycles. The van der Waals surface area contributed by atoms with Crippen LogP contribution in [0.1, 0.15) is 25.8 Å². The molecule has 2 saturated heterocycles. The molecule has 1 N–H and O–H groups in total. The van der Waals surface area contributed by atoms with E-state index in [0.717, 1.165) is 0 Å². The van der Waals surface area contributed by atoms with Gasteiger partial charge in [-0.2, -0.15) is 0 Å². The van der Waals surface area contributed by atoms with E-state index in [-0.39, 0.29) is 17.6 Å². The minimum atomic E-state index is -0.925. The molecule has 8 heteroatoms. The standard InChI is InChI=1S/C18H21FN2O5/c1-9-10(19)5-6-11-13(9)24-8-4-7-21(11)17(23)12-14-15(16(22)20-12)26-18(2,3)25-14/h5-6,12,14-15H,4,7-8H2,1-3H3,(H,20,22)/t12-,14?,15?/m0/s1. The van der Waals surface area contributed by atoms with Gasteiger partial charge >= 0.3 is 0 Å². The summed E-state index contributed by atoms with van der Waals surface area (Å²) in [4.78, 5) is 27.0. The Balaban J connectivity index is 1.67. The number of anilines is 1.